The van der Waals surface area contributed by atoms with Crippen molar-refractivity contribution in [3.05, 3.63) is 77.9 Å². The maximum atomic E-state index is 12.5. The van der Waals surface area contributed by atoms with Gasteiger partial charge >= 0.3 is 5.97 Å². The zero-order valence-electron chi connectivity index (χ0n) is 18.2. The van der Waals surface area contributed by atoms with Crippen LogP contribution < -0.4 is 19.5 Å². The maximum absolute atomic E-state index is 12.5. The molecule has 1 amide bonds. The molecule has 0 fully saturated rings. The number of anilines is 2. The van der Waals surface area contributed by atoms with Crippen LogP contribution in [0.3, 0.4) is 0 Å². The van der Waals surface area contributed by atoms with Crippen molar-refractivity contribution in [2.75, 3.05) is 29.9 Å². The van der Waals surface area contributed by atoms with E-state index in [-0.39, 0.29) is 10.5 Å². The summed E-state index contributed by atoms with van der Waals surface area (Å²) in [5.41, 5.74) is 2.02. The molecule has 10 heteroatoms. The van der Waals surface area contributed by atoms with Gasteiger partial charge in [-0.3, -0.25) is 9.52 Å². The molecule has 0 aliphatic carbocycles. The number of carbonyl (C=O) groups excluding carboxylic acids is 2. The molecular weight excluding hydrogens is 460 g/mol. The molecule has 0 atom stereocenters. The summed E-state index contributed by atoms with van der Waals surface area (Å²) in [5.74, 6) is -0.178. The highest BCUT2D eigenvalue weighted by Gasteiger charge is 2.17. The van der Waals surface area contributed by atoms with Crippen LogP contribution in [-0.4, -0.2) is 40.1 Å². The van der Waals surface area contributed by atoms with E-state index in [2.05, 4.69) is 10.0 Å². The molecule has 1 aliphatic heterocycles. The van der Waals surface area contributed by atoms with E-state index in [4.69, 9.17) is 14.2 Å². The minimum atomic E-state index is -3.82. The van der Waals surface area contributed by atoms with Crippen molar-refractivity contribution in [3.8, 4) is 11.5 Å². The van der Waals surface area contributed by atoms with E-state index in [0.717, 1.165) is 5.56 Å². The van der Waals surface area contributed by atoms with Crippen LogP contribution in [0.2, 0.25) is 0 Å². The molecule has 3 aromatic carbocycles. The third-order valence-electron chi connectivity index (χ3n) is 4.86. The zero-order valence-corrected chi connectivity index (χ0v) is 19.1. The Labute approximate surface area is 196 Å². The fraction of sp³-hybridized carbons (Fsp3) is 0.167. The third kappa shape index (κ3) is 5.65. The topological polar surface area (TPSA) is 120 Å². The number of esters is 1. The molecule has 9 nitrogen and oxygen atoms in total. The molecule has 1 aliphatic rings. The number of nitrogens with one attached hydrogen (secondary N) is 2. The highest BCUT2D eigenvalue weighted by molar-refractivity contribution is 7.92. The summed E-state index contributed by atoms with van der Waals surface area (Å²) in [6.45, 7) is 2.27. The number of sulfonamides is 1. The summed E-state index contributed by atoms with van der Waals surface area (Å²) in [6.07, 6.45) is 0. The average Bonchev–Trinajstić information content (AvgIpc) is 2.84. The van der Waals surface area contributed by atoms with Crippen molar-refractivity contribution in [3.63, 3.8) is 0 Å². The number of hydrogen-bond acceptors (Lipinski definition) is 7. The minimum absolute atomic E-state index is 0.0130. The lowest BCUT2D eigenvalue weighted by molar-refractivity contribution is -0.119. The quantitative estimate of drug-likeness (QED) is 0.496. The molecule has 3 aromatic rings. The Morgan fingerprint density at radius 1 is 0.882 bits per heavy atom. The van der Waals surface area contributed by atoms with Crippen LogP contribution in [-0.2, 0) is 19.6 Å². The van der Waals surface area contributed by atoms with Gasteiger partial charge in [0.25, 0.3) is 15.9 Å². The molecule has 0 bridgehead atoms. The largest absolute Gasteiger partial charge is 0.486 e. The highest BCUT2D eigenvalue weighted by atomic mass is 32.2. The first-order valence-corrected chi connectivity index (χ1v) is 11.8. The molecule has 34 heavy (non-hydrogen) atoms. The van der Waals surface area contributed by atoms with Crippen LogP contribution in [0.25, 0.3) is 0 Å². The molecule has 4 rings (SSSR count). The molecule has 176 valence electrons. The van der Waals surface area contributed by atoms with E-state index in [9.17, 15) is 18.0 Å². The fourth-order valence-electron chi connectivity index (χ4n) is 3.14. The molecule has 1 heterocycles. The number of hydrogen-bond donors (Lipinski definition) is 2. The molecule has 0 unspecified atom stereocenters. The van der Waals surface area contributed by atoms with Gasteiger partial charge in [0.05, 0.1) is 10.5 Å². The molecule has 0 radical (unpaired) electrons. The second kappa shape index (κ2) is 9.84. The molecule has 0 saturated heterocycles. The first-order chi connectivity index (χ1) is 16.3. The standard InChI is InChI=1S/C24H22N2O7S/c1-16-2-6-18(7-3-16)26-34(29,30)20-9-4-17(5-10-20)24(28)33-15-23(27)25-19-8-11-21-22(14-19)32-13-12-31-21/h2-11,14,26H,12-13,15H2,1H3,(H,25,27). The number of benzene rings is 3. The first kappa shape index (κ1) is 23.1. The predicted molar refractivity (Wildman–Crippen MR) is 125 cm³/mol. The van der Waals surface area contributed by atoms with Gasteiger partial charge in [-0.15, -0.1) is 0 Å². The number of ether oxygens (including phenoxy) is 3. The normalized spacial score (nSPS) is 12.5. The number of aryl methyl sites for hydroxylation is 1. The van der Waals surface area contributed by atoms with Gasteiger partial charge in [0, 0.05) is 17.4 Å². The molecule has 0 spiro atoms. The van der Waals surface area contributed by atoms with Gasteiger partial charge in [-0.05, 0) is 55.5 Å². The van der Waals surface area contributed by atoms with Gasteiger partial charge in [-0.25, -0.2) is 13.2 Å². The predicted octanol–water partition coefficient (Wildman–Crippen LogP) is 3.36. The molecule has 2 N–H and O–H groups in total. The second-order valence-corrected chi connectivity index (χ2v) is 9.16. The zero-order chi connectivity index (χ0) is 24.1. The maximum Gasteiger partial charge on any atom is 0.338 e. The van der Waals surface area contributed by atoms with Crippen LogP contribution in [0.5, 0.6) is 11.5 Å². The molecular formula is C24H22N2O7S. The monoisotopic (exact) mass is 482 g/mol. The van der Waals surface area contributed by atoms with Crippen molar-refractivity contribution < 1.29 is 32.2 Å². The Balaban J connectivity index is 1.32. The van der Waals surface area contributed by atoms with Crippen LogP contribution >= 0.6 is 0 Å². The summed E-state index contributed by atoms with van der Waals surface area (Å²) < 4.78 is 43.5. The van der Waals surface area contributed by atoms with Crippen molar-refractivity contribution >= 4 is 33.3 Å². The SMILES string of the molecule is Cc1ccc(NS(=O)(=O)c2ccc(C(=O)OCC(=O)Nc3ccc4c(c3)OCCO4)cc2)cc1. The van der Waals surface area contributed by atoms with Crippen LogP contribution in [0.4, 0.5) is 11.4 Å². The van der Waals surface area contributed by atoms with Gasteiger partial charge in [-0.2, -0.15) is 0 Å². The van der Waals surface area contributed by atoms with Crippen molar-refractivity contribution in [2.45, 2.75) is 11.8 Å². The summed E-state index contributed by atoms with van der Waals surface area (Å²) in [7, 11) is -3.82. The smallest absolute Gasteiger partial charge is 0.338 e. The fourth-order valence-corrected chi connectivity index (χ4v) is 4.20. The Bertz CT molecular complexity index is 1300. The van der Waals surface area contributed by atoms with E-state index in [0.29, 0.717) is 36.1 Å². The summed E-state index contributed by atoms with van der Waals surface area (Å²) in [4.78, 5) is 24.4. The number of fused-ring (bicyclic) bond motifs is 1. The van der Waals surface area contributed by atoms with Crippen LogP contribution in [0.15, 0.2) is 71.6 Å². The van der Waals surface area contributed by atoms with E-state index >= 15 is 0 Å². The lowest BCUT2D eigenvalue weighted by Crippen LogP contribution is -2.21. The minimum Gasteiger partial charge on any atom is -0.486 e. The third-order valence-corrected chi connectivity index (χ3v) is 6.26. The van der Waals surface area contributed by atoms with Gasteiger partial charge in [-0.1, -0.05) is 17.7 Å². The lowest BCUT2D eigenvalue weighted by atomic mass is 10.2. The Kier molecular flexibility index (Phi) is 6.69. The average molecular weight is 483 g/mol. The van der Waals surface area contributed by atoms with Crippen LogP contribution in [0, 0.1) is 6.92 Å². The van der Waals surface area contributed by atoms with Gasteiger partial charge in [0.15, 0.2) is 18.1 Å². The summed E-state index contributed by atoms with van der Waals surface area (Å²) >= 11 is 0. The van der Waals surface area contributed by atoms with E-state index in [1.54, 1.807) is 42.5 Å². The molecule has 0 saturated carbocycles. The van der Waals surface area contributed by atoms with Crippen molar-refractivity contribution in [2.24, 2.45) is 0 Å². The number of carbonyl (C=O) groups is 2. The van der Waals surface area contributed by atoms with Crippen molar-refractivity contribution in [1.29, 1.82) is 0 Å². The lowest BCUT2D eigenvalue weighted by Gasteiger charge is -2.19. The van der Waals surface area contributed by atoms with E-state index in [1.165, 1.54) is 24.3 Å². The first-order valence-electron chi connectivity index (χ1n) is 10.4. The van der Waals surface area contributed by atoms with Crippen molar-refractivity contribution in [1.82, 2.24) is 0 Å². The second-order valence-electron chi connectivity index (χ2n) is 7.48. The number of rotatable bonds is 7. The van der Waals surface area contributed by atoms with Gasteiger partial charge in [0.1, 0.15) is 13.2 Å². The Morgan fingerprint density at radius 2 is 1.53 bits per heavy atom. The highest BCUT2D eigenvalue weighted by Crippen LogP contribution is 2.32. The van der Waals surface area contributed by atoms with E-state index in [1.807, 2.05) is 6.92 Å². The summed E-state index contributed by atoms with van der Waals surface area (Å²) in [5, 5.41) is 2.62. The Hall–Kier alpha value is -4.05. The van der Waals surface area contributed by atoms with E-state index < -0.39 is 28.5 Å². The van der Waals surface area contributed by atoms with Crippen LogP contribution in [0.1, 0.15) is 15.9 Å². The van der Waals surface area contributed by atoms with Gasteiger partial charge < -0.3 is 19.5 Å². The summed E-state index contributed by atoms with van der Waals surface area (Å²) in [6, 6.07) is 17.1. The van der Waals surface area contributed by atoms with Gasteiger partial charge in [0.2, 0.25) is 0 Å². The Morgan fingerprint density at radius 3 is 2.24 bits per heavy atom. The number of amides is 1. The molecule has 0 aromatic heterocycles.